The lowest BCUT2D eigenvalue weighted by Gasteiger charge is -2.02. The molecule has 0 atom stereocenters. The maximum atomic E-state index is 5.74. The van der Waals surface area contributed by atoms with Gasteiger partial charge in [-0.05, 0) is 18.1 Å². The minimum absolute atomic E-state index is 0.586. The third-order valence-electron chi connectivity index (χ3n) is 2.81. The second kappa shape index (κ2) is 4.87. The first-order valence-electron chi connectivity index (χ1n) is 5.57. The second-order valence-electron chi connectivity index (χ2n) is 3.88. The smallest absolute Gasteiger partial charge is 0.0483 e. The number of rotatable bonds is 4. The molecule has 82 valence electrons. The van der Waals surface area contributed by atoms with Crippen LogP contribution in [0.5, 0.6) is 0 Å². The van der Waals surface area contributed by atoms with Crippen molar-refractivity contribution >= 4 is 10.9 Å². The highest BCUT2D eigenvalue weighted by atomic mass is 15.0. The number of fused-ring (bicyclic) bond motifs is 1. The van der Waals surface area contributed by atoms with E-state index >= 15 is 0 Å². The summed E-state index contributed by atoms with van der Waals surface area (Å²) in [4.78, 5) is 0. The van der Waals surface area contributed by atoms with Gasteiger partial charge in [-0.2, -0.15) is 0 Å². The van der Waals surface area contributed by atoms with Crippen LogP contribution in [0.25, 0.3) is 10.9 Å². The van der Waals surface area contributed by atoms with E-state index < -0.39 is 0 Å². The van der Waals surface area contributed by atoms with Crippen molar-refractivity contribution < 1.29 is 0 Å². The van der Waals surface area contributed by atoms with Crippen molar-refractivity contribution in [3.05, 3.63) is 36.0 Å². The molecular formula is C14H16N2. The van der Waals surface area contributed by atoms with Crippen LogP contribution in [0.1, 0.15) is 18.4 Å². The minimum atomic E-state index is 0.586. The summed E-state index contributed by atoms with van der Waals surface area (Å²) in [5.41, 5.74) is 8.19. The van der Waals surface area contributed by atoms with Crippen molar-refractivity contribution in [2.24, 2.45) is 5.73 Å². The van der Waals surface area contributed by atoms with Crippen LogP contribution in [0.4, 0.5) is 0 Å². The minimum Gasteiger partial charge on any atom is -0.347 e. The molecule has 2 heteroatoms. The van der Waals surface area contributed by atoms with Crippen LogP contribution in [0.3, 0.4) is 0 Å². The summed E-state index contributed by atoms with van der Waals surface area (Å²) in [6.45, 7) is 1.55. The highest BCUT2D eigenvalue weighted by molar-refractivity contribution is 5.83. The fourth-order valence-electron chi connectivity index (χ4n) is 2.02. The molecule has 0 radical (unpaired) electrons. The van der Waals surface area contributed by atoms with Crippen molar-refractivity contribution in [1.29, 1.82) is 0 Å². The Hall–Kier alpha value is -1.72. The molecule has 0 aliphatic rings. The highest BCUT2D eigenvalue weighted by Gasteiger charge is 2.05. The number of benzene rings is 1. The van der Waals surface area contributed by atoms with Gasteiger partial charge in [-0.1, -0.05) is 18.2 Å². The highest BCUT2D eigenvalue weighted by Crippen LogP contribution is 2.21. The number of aryl methyl sites for hydroxylation is 1. The molecule has 1 aromatic heterocycles. The van der Waals surface area contributed by atoms with Crippen LogP contribution in [0.15, 0.2) is 30.5 Å². The monoisotopic (exact) mass is 212 g/mol. The Labute approximate surface area is 96.1 Å². The van der Waals surface area contributed by atoms with E-state index in [4.69, 9.17) is 12.2 Å². The Morgan fingerprint density at radius 2 is 2.12 bits per heavy atom. The summed E-state index contributed by atoms with van der Waals surface area (Å²) < 4.78 is 2.24. The molecule has 0 unspecified atom stereocenters. The Kier molecular flexibility index (Phi) is 3.28. The number of nitrogens with two attached hydrogens (primary N) is 1. The predicted octanol–water partition coefficient (Wildman–Crippen LogP) is 2.51. The van der Waals surface area contributed by atoms with Crippen molar-refractivity contribution in [2.75, 3.05) is 0 Å². The van der Waals surface area contributed by atoms with Crippen LogP contribution < -0.4 is 5.73 Å². The van der Waals surface area contributed by atoms with Crippen molar-refractivity contribution in [3.63, 3.8) is 0 Å². The summed E-state index contributed by atoms with van der Waals surface area (Å²) in [7, 11) is 0. The van der Waals surface area contributed by atoms with Gasteiger partial charge in [0.25, 0.3) is 0 Å². The van der Waals surface area contributed by atoms with Crippen LogP contribution >= 0.6 is 0 Å². The SMILES string of the molecule is C#CCCCn1cc(CN)c2ccccc21. The first-order chi connectivity index (χ1) is 7.86. The van der Waals surface area contributed by atoms with E-state index in [0.717, 1.165) is 19.4 Å². The Balaban J connectivity index is 2.34. The van der Waals surface area contributed by atoms with Gasteiger partial charge in [-0.3, -0.25) is 0 Å². The number of terminal acetylenes is 1. The molecule has 0 fully saturated rings. The third-order valence-corrected chi connectivity index (χ3v) is 2.81. The van der Waals surface area contributed by atoms with Gasteiger partial charge in [-0.25, -0.2) is 0 Å². The first-order valence-corrected chi connectivity index (χ1v) is 5.57. The molecule has 2 N–H and O–H groups in total. The van der Waals surface area contributed by atoms with Crippen molar-refractivity contribution in [2.45, 2.75) is 25.9 Å². The summed E-state index contributed by atoms with van der Waals surface area (Å²) in [5, 5.41) is 1.26. The normalized spacial score (nSPS) is 10.5. The second-order valence-corrected chi connectivity index (χ2v) is 3.88. The van der Waals surface area contributed by atoms with E-state index in [2.05, 4.69) is 34.9 Å². The van der Waals surface area contributed by atoms with E-state index in [1.165, 1.54) is 16.5 Å². The van der Waals surface area contributed by atoms with E-state index in [1.807, 2.05) is 6.07 Å². The molecule has 0 aliphatic carbocycles. The van der Waals surface area contributed by atoms with Gasteiger partial charge in [0, 0.05) is 36.6 Å². The van der Waals surface area contributed by atoms with Gasteiger partial charge in [0.2, 0.25) is 0 Å². The predicted molar refractivity (Wildman–Crippen MR) is 67.9 cm³/mol. The third kappa shape index (κ3) is 1.95. The molecule has 0 amide bonds. The Morgan fingerprint density at radius 1 is 1.31 bits per heavy atom. The molecule has 2 aromatic rings. The van der Waals surface area contributed by atoms with Crippen LogP contribution in [0.2, 0.25) is 0 Å². The molecule has 0 saturated carbocycles. The summed E-state index contributed by atoms with van der Waals surface area (Å²) in [6, 6.07) is 8.35. The molecule has 2 rings (SSSR count). The van der Waals surface area contributed by atoms with Gasteiger partial charge >= 0.3 is 0 Å². The lowest BCUT2D eigenvalue weighted by atomic mass is 10.2. The number of unbranched alkanes of at least 4 members (excludes halogenated alkanes) is 1. The Bertz CT molecular complexity index is 517. The van der Waals surface area contributed by atoms with Crippen LogP contribution in [-0.4, -0.2) is 4.57 Å². The standard InChI is InChI=1S/C14H16N2/c1-2-3-6-9-16-11-12(10-15)13-7-4-5-8-14(13)16/h1,4-5,7-8,11H,3,6,9-10,15H2. The largest absolute Gasteiger partial charge is 0.347 e. The molecule has 1 aromatic carbocycles. The van der Waals surface area contributed by atoms with Crippen LogP contribution in [0, 0.1) is 12.3 Å². The number of hydrogen-bond acceptors (Lipinski definition) is 1. The zero-order chi connectivity index (χ0) is 11.4. The van der Waals surface area contributed by atoms with Gasteiger partial charge < -0.3 is 10.3 Å². The first kappa shape index (κ1) is 10.8. The average molecular weight is 212 g/mol. The lowest BCUT2D eigenvalue weighted by molar-refractivity contribution is 0.674. The summed E-state index contributed by atoms with van der Waals surface area (Å²) in [5.74, 6) is 2.67. The van der Waals surface area contributed by atoms with Crippen LogP contribution in [-0.2, 0) is 13.1 Å². The molecular weight excluding hydrogens is 196 g/mol. The van der Waals surface area contributed by atoms with E-state index in [9.17, 15) is 0 Å². The van der Waals surface area contributed by atoms with Gasteiger partial charge in [0.1, 0.15) is 0 Å². The molecule has 2 nitrogen and oxygen atoms in total. The molecule has 0 spiro atoms. The fraction of sp³-hybridized carbons (Fsp3) is 0.286. The topological polar surface area (TPSA) is 30.9 Å². The molecule has 0 saturated heterocycles. The average Bonchev–Trinajstić information content (AvgIpc) is 2.68. The number of para-hydroxylation sites is 1. The van der Waals surface area contributed by atoms with Crippen molar-refractivity contribution in [3.8, 4) is 12.3 Å². The fourth-order valence-corrected chi connectivity index (χ4v) is 2.02. The van der Waals surface area contributed by atoms with Gasteiger partial charge in [0.05, 0.1) is 0 Å². The molecule has 16 heavy (non-hydrogen) atoms. The van der Waals surface area contributed by atoms with Gasteiger partial charge in [-0.15, -0.1) is 12.3 Å². The molecule has 0 bridgehead atoms. The maximum absolute atomic E-state index is 5.74. The molecule has 1 heterocycles. The molecule has 0 aliphatic heterocycles. The zero-order valence-electron chi connectivity index (χ0n) is 9.32. The van der Waals surface area contributed by atoms with Crippen molar-refractivity contribution in [1.82, 2.24) is 4.57 Å². The number of aromatic nitrogens is 1. The zero-order valence-corrected chi connectivity index (χ0v) is 9.32. The summed E-state index contributed by atoms with van der Waals surface area (Å²) in [6.07, 6.45) is 9.23. The van der Waals surface area contributed by atoms with E-state index in [0.29, 0.717) is 6.54 Å². The van der Waals surface area contributed by atoms with Gasteiger partial charge in [0.15, 0.2) is 0 Å². The maximum Gasteiger partial charge on any atom is 0.0483 e. The summed E-state index contributed by atoms with van der Waals surface area (Å²) >= 11 is 0. The van der Waals surface area contributed by atoms with E-state index in [1.54, 1.807) is 0 Å². The quantitative estimate of drug-likeness (QED) is 0.612. The van der Waals surface area contributed by atoms with E-state index in [-0.39, 0.29) is 0 Å². The number of nitrogens with zero attached hydrogens (tertiary/aromatic N) is 1. The lowest BCUT2D eigenvalue weighted by Crippen LogP contribution is -1.97. The Morgan fingerprint density at radius 3 is 2.88 bits per heavy atom. The number of hydrogen-bond donors (Lipinski definition) is 1.